The second kappa shape index (κ2) is 6.88. The Morgan fingerprint density at radius 3 is 2.36 bits per heavy atom. The fourth-order valence-corrected chi connectivity index (χ4v) is 2.26. The second-order valence-corrected chi connectivity index (χ2v) is 5.54. The van der Waals surface area contributed by atoms with Gasteiger partial charge in [0.2, 0.25) is 0 Å². The molecule has 2 rings (SSSR count). The highest BCUT2D eigenvalue weighted by Crippen LogP contribution is 2.23. The van der Waals surface area contributed by atoms with Crippen molar-refractivity contribution in [2.75, 3.05) is 5.32 Å². The van der Waals surface area contributed by atoms with Crippen LogP contribution in [0.1, 0.15) is 42.1 Å². The molecule has 2 aromatic rings. The van der Waals surface area contributed by atoms with E-state index in [2.05, 4.69) is 19.2 Å². The summed E-state index contributed by atoms with van der Waals surface area (Å²) in [5, 5.41) is 2.49. The zero-order valence-electron chi connectivity index (χ0n) is 12.3. The Morgan fingerprint density at radius 1 is 1.18 bits per heavy atom. The number of carbonyl (C=O) groups is 1. The Kier molecular flexibility index (Phi) is 5.14. The fraction of sp³-hybridized carbons (Fsp3) is 0.235. The van der Waals surface area contributed by atoms with E-state index in [1.165, 1.54) is 5.56 Å². The van der Waals surface area contributed by atoms with Crippen molar-refractivity contribution in [3.05, 3.63) is 64.2 Å². The molecule has 0 unspecified atom stereocenters. The monoisotopic (exact) mass is 323 g/mol. The lowest BCUT2D eigenvalue weighted by molar-refractivity contribution is 0.102. The third-order valence-corrected chi connectivity index (χ3v) is 3.92. The molecule has 1 amide bonds. The summed E-state index contributed by atoms with van der Waals surface area (Å²) in [6.07, 6.45) is 1.02. The van der Waals surface area contributed by atoms with Crippen LogP contribution in [0.4, 0.5) is 14.5 Å². The van der Waals surface area contributed by atoms with E-state index in [1.807, 2.05) is 12.1 Å². The van der Waals surface area contributed by atoms with Gasteiger partial charge in [-0.2, -0.15) is 0 Å². The maximum atomic E-state index is 13.2. The van der Waals surface area contributed by atoms with Crippen LogP contribution in [0.25, 0.3) is 0 Å². The van der Waals surface area contributed by atoms with Crippen LogP contribution in [0.2, 0.25) is 5.02 Å². The Hall–Kier alpha value is -1.94. The minimum absolute atomic E-state index is 0.105. The zero-order valence-corrected chi connectivity index (χ0v) is 13.0. The van der Waals surface area contributed by atoms with Crippen molar-refractivity contribution in [1.82, 2.24) is 0 Å². The van der Waals surface area contributed by atoms with Crippen molar-refractivity contribution in [3.63, 3.8) is 0 Å². The van der Waals surface area contributed by atoms with Crippen molar-refractivity contribution in [1.29, 1.82) is 0 Å². The van der Waals surface area contributed by atoms with Gasteiger partial charge in [0.25, 0.3) is 5.91 Å². The molecule has 0 aliphatic heterocycles. The molecule has 0 radical (unpaired) electrons. The van der Waals surface area contributed by atoms with Gasteiger partial charge in [0.1, 0.15) is 0 Å². The molecule has 0 saturated heterocycles. The lowest BCUT2D eigenvalue weighted by atomic mass is 9.98. The summed E-state index contributed by atoms with van der Waals surface area (Å²) in [7, 11) is 0. The summed E-state index contributed by atoms with van der Waals surface area (Å²) in [6, 6.07) is 8.98. The second-order valence-electron chi connectivity index (χ2n) is 5.13. The molecular weight excluding hydrogens is 308 g/mol. The fourth-order valence-electron chi connectivity index (χ4n) is 2.03. The van der Waals surface area contributed by atoms with Crippen LogP contribution in [0.3, 0.4) is 0 Å². The number of benzene rings is 2. The predicted octanol–water partition coefficient (Wildman–Crippen LogP) is 5.38. The first kappa shape index (κ1) is 16.4. The average Bonchev–Trinajstić information content (AvgIpc) is 2.50. The summed E-state index contributed by atoms with van der Waals surface area (Å²) < 4.78 is 26.2. The molecule has 0 heterocycles. The Morgan fingerprint density at radius 2 is 1.77 bits per heavy atom. The van der Waals surface area contributed by atoms with E-state index in [4.69, 9.17) is 11.6 Å². The van der Waals surface area contributed by atoms with Gasteiger partial charge in [0.05, 0.1) is 10.6 Å². The van der Waals surface area contributed by atoms with Crippen LogP contribution in [-0.4, -0.2) is 5.91 Å². The zero-order chi connectivity index (χ0) is 16.3. The highest BCUT2D eigenvalue weighted by molar-refractivity contribution is 6.34. The largest absolute Gasteiger partial charge is 0.322 e. The third-order valence-electron chi connectivity index (χ3n) is 3.60. The summed E-state index contributed by atoms with van der Waals surface area (Å²) in [5.74, 6) is -2.34. The van der Waals surface area contributed by atoms with E-state index in [0.717, 1.165) is 18.6 Å². The lowest BCUT2D eigenvalue weighted by Crippen LogP contribution is -2.13. The van der Waals surface area contributed by atoms with Gasteiger partial charge in [-0.1, -0.05) is 37.6 Å². The summed E-state index contributed by atoms with van der Waals surface area (Å²) in [4.78, 5) is 12.1. The van der Waals surface area contributed by atoms with Gasteiger partial charge in [-0.15, -0.1) is 0 Å². The van der Waals surface area contributed by atoms with Crippen LogP contribution in [0.5, 0.6) is 0 Å². The molecular formula is C17H16ClF2NO. The van der Waals surface area contributed by atoms with Crippen molar-refractivity contribution >= 4 is 23.2 Å². The number of anilines is 1. The molecule has 1 atom stereocenters. The Balaban J connectivity index is 2.17. The molecule has 1 N–H and O–H groups in total. The molecule has 22 heavy (non-hydrogen) atoms. The first-order chi connectivity index (χ1) is 10.4. The SMILES string of the molecule is CC[C@@H](C)c1ccc(NC(=O)c2cc(F)c(F)cc2Cl)cc1. The van der Waals surface area contributed by atoms with E-state index < -0.39 is 17.5 Å². The number of amides is 1. The number of halogens is 3. The standard InChI is InChI=1S/C17H16ClF2NO/c1-3-10(2)11-4-6-12(7-5-11)21-17(22)13-8-15(19)16(20)9-14(13)18/h4-10H,3H2,1-2H3,(H,21,22)/t10-/m1/s1. The molecule has 2 aromatic carbocycles. The smallest absolute Gasteiger partial charge is 0.257 e. The summed E-state index contributed by atoms with van der Waals surface area (Å²) in [6.45, 7) is 4.22. The van der Waals surface area contributed by atoms with E-state index in [9.17, 15) is 13.6 Å². The number of hydrogen-bond acceptors (Lipinski definition) is 1. The van der Waals surface area contributed by atoms with Gasteiger partial charge in [-0.05, 0) is 42.2 Å². The third kappa shape index (κ3) is 3.63. The van der Waals surface area contributed by atoms with Crippen molar-refractivity contribution in [3.8, 4) is 0 Å². The molecule has 0 aliphatic rings. The van der Waals surface area contributed by atoms with Crippen LogP contribution >= 0.6 is 11.6 Å². The van der Waals surface area contributed by atoms with E-state index in [0.29, 0.717) is 11.6 Å². The van der Waals surface area contributed by atoms with Crippen molar-refractivity contribution < 1.29 is 13.6 Å². The molecule has 0 spiro atoms. The van der Waals surface area contributed by atoms with Crippen LogP contribution in [-0.2, 0) is 0 Å². The molecule has 5 heteroatoms. The van der Waals surface area contributed by atoms with E-state index in [-0.39, 0.29) is 10.6 Å². The van der Waals surface area contributed by atoms with Crippen molar-refractivity contribution in [2.45, 2.75) is 26.2 Å². The minimum Gasteiger partial charge on any atom is -0.322 e. The topological polar surface area (TPSA) is 29.1 Å². The Bertz CT molecular complexity index is 686. The van der Waals surface area contributed by atoms with Gasteiger partial charge < -0.3 is 5.32 Å². The first-order valence-corrected chi connectivity index (χ1v) is 7.36. The molecule has 0 fully saturated rings. The number of rotatable bonds is 4. The van der Waals surface area contributed by atoms with Gasteiger partial charge in [-0.25, -0.2) is 8.78 Å². The maximum absolute atomic E-state index is 13.2. The number of hydrogen-bond donors (Lipinski definition) is 1. The normalized spacial score (nSPS) is 12.0. The molecule has 0 bridgehead atoms. The maximum Gasteiger partial charge on any atom is 0.257 e. The molecule has 0 aromatic heterocycles. The van der Waals surface area contributed by atoms with Crippen LogP contribution < -0.4 is 5.32 Å². The van der Waals surface area contributed by atoms with Crippen molar-refractivity contribution in [2.24, 2.45) is 0 Å². The molecule has 116 valence electrons. The summed E-state index contributed by atoms with van der Waals surface area (Å²) >= 11 is 5.78. The number of nitrogens with one attached hydrogen (secondary N) is 1. The first-order valence-electron chi connectivity index (χ1n) is 6.98. The minimum atomic E-state index is -1.11. The Labute approximate surface area is 133 Å². The lowest BCUT2D eigenvalue weighted by Gasteiger charge is -2.11. The highest BCUT2D eigenvalue weighted by atomic mass is 35.5. The van der Waals surface area contributed by atoms with Crippen LogP contribution in [0, 0.1) is 11.6 Å². The van der Waals surface area contributed by atoms with Gasteiger partial charge in [-0.3, -0.25) is 4.79 Å². The molecule has 0 aliphatic carbocycles. The molecule has 0 saturated carbocycles. The van der Waals surface area contributed by atoms with Crippen LogP contribution in [0.15, 0.2) is 36.4 Å². The molecule has 2 nitrogen and oxygen atoms in total. The predicted molar refractivity (Wildman–Crippen MR) is 84.5 cm³/mol. The van der Waals surface area contributed by atoms with E-state index in [1.54, 1.807) is 12.1 Å². The van der Waals surface area contributed by atoms with E-state index >= 15 is 0 Å². The van der Waals surface area contributed by atoms with Gasteiger partial charge >= 0.3 is 0 Å². The van der Waals surface area contributed by atoms with Gasteiger partial charge in [0.15, 0.2) is 11.6 Å². The number of carbonyl (C=O) groups excluding carboxylic acids is 1. The van der Waals surface area contributed by atoms with Gasteiger partial charge in [0, 0.05) is 5.69 Å². The highest BCUT2D eigenvalue weighted by Gasteiger charge is 2.15. The summed E-state index contributed by atoms with van der Waals surface area (Å²) in [5.41, 5.74) is 1.63. The quantitative estimate of drug-likeness (QED) is 0.751. The average molecular weight is 324 g/mol.